The zero-order valence-corrected chi connectivity index (χ0v) is 9.29. The molecule has 0 unspecified atom stereocenters. The Morgan fingerprint density at radius 2 is 2.21 bits per heavy atom. The Bertz CT molecular complexity index is 242. The van der Waals surface area contributed by atoms with Crippen molar-refractivity contribution in [3.05, 3.63) is 18.0 Å². The van der Waals surface area contributed by atoms with Crippen molar-refractivity contribution in [3.63, 3.8) is 0 Å². The van der Waals surface area contributed by atoms with Crippen molar-refractivity contribution < 1.29 is 0 Å². The minimum Gasteiger partial charge on any atom is -0.316 e. The molecule has 80 valence electrons. The molecule has 1 aromatic heterocycles. The topological polar surface area (TPSA) is 29.9 Å². The molecule has 1 N–H and O–H groups in total. The molecule has 0 aliphatic heterocycles. The van der Waals surface area contributed by atoms with E-state index in [0.717, 1.165) is 19.5 Å². The first kappa shape index (κ1) is 11.2. The summed E-state index contributed by atoms with van der Waals surface area (Å²) in [5, 5.41) is 7.75. The molecule has 3 nitrogen and oxygen atoms in total. The summed E-state index contributed by atoms with van der Waals surface area (Å²) in [5.41, 5.74) is 1.18. The van der Waals surface area contributed by atoms with E-state index in [1.54, 1.807) is 0 Å². The SMILES string of the molecule is CCCCCNCCc1ccn(C)n1. The predicted molar refractivity (Wildman–Crippen MR) is 59.3 cm³/mol. The quantitative estimate of drug-likeness (QED) is 0.672. The van der Waals surface area contributed by atoms with Crippen LogP contribution in [0.2, 0.25) is 0 Å². The molecule has 3 heteroatoms. The highest BCUT2D eigenvalue weighted by molar-refractivity contribution is 4.98. The Morgan fingerprint density at radius 1 is 1.36 bits per heavy atom. The van der Waals surface area contributed by atoms with Gasteiger partial charge in [0.05, 0.1) is 5.69 Å². The van der Waals surface area contributed by atoms with Crippen LogP contribution >= 0.6 is 0 Å². The molecule has 0 saturated heterocycles. The molecule has 0 aliphatic carbocycles. The van der Waals surface area contributed by atoms with Crippen molar-refractivity contribution >= 4 is 0 Å². The van der Waals surface area contributed by atoms with Gasteiger partial charge in [0.25, 0.3) is 0 Å². The van der Waals surface area contributed by atoms with Gasteiger partial charge in [-0.15, -0.1) is 0 Å². The van der Waals surface area contributed by atoms with Gasteiger partial charge in [0.2, 0.25) is 0 Å². The third-order valence-corrected chi connectivity index (χ3v) is 2.28. The van der Waals surface area contributed by atoms with E-state index >= 15 is 0 Å². The maximum absolute atomic E-state index is 4.32. The van der Waals surface area contributed by atoms with Crippen LogP contribution in [0.1, 0.15) is 31.9 Å². The lowest BCUT2D eigenvalue weighted by Gasteiger charge is -2.01. The maximum Gasteiger partial charge on any atom is 0.0637 e. The van der Waals surface area contributed by atoms with E-state index in [-0.39, 0.29) is 0 Å². The van der Waals surface area contributed by atoms with Crippen LogP contribution < -0.4 is 5.32 Å². The minimum atomic E-state index is 1.03. The molecule has 0 bridgehead atoms. The number of nitrogens with zero attached hydrogens (tertiary/aromatic N) is 2. The van der Waals surface area contributed by atoms with Crippen molar-refractivity contribution in [2.45, 2.75) is 32.6 Å². The zero-order chi connectivity index (χ0) is 10.2. The number of hydrogen-bond acceptors (Lipinski definition) is 2. The summed E-state index contributed by atoms with van der Waals surface area (Å²) < 4.78 is 1.85. The molecule has 0 saturated carbocycles. The lowest BCUT2D eigenvalue weighted by molar-refractivity contribution is 0.610. The highest BCUT2D eigenvalue weighted by Gasteiger charge is 1.95. The number of rotatable bonds is 7. The molecular weight excluding hydrogens is 174 g/mol. The zero-order valence-electron chi connectivity index (χ0n) is 9.29. The predicted octanol–water partition coefficient (Wildman–Crippen LogP) is 1.74. The molecule has 0 aliphatic rings. The van der Waals surface area contributed by atoms with Crippen molar-refractivity contribution in [1.82, 2.24) is 15.1 Å². The van der Waals surface area contributed by atoms with Crippen LogP contribution in [0.15, 0.2) is 12.3 Å². The summed E-state index contributed by atoms with van der Waals surface area (Å²) in [4.78, 5) is 0. The fraction of sp³-hybridized carbons (Fsp3) is 0.727. The Kier molecular flexibility index (Phi) is 5.30. The van der Waals surface area contributed by atoms with Gasteiger partial charge in [-0.3, -0.25) is 4.68 Å². The van der Waals surface area contributed by atoms with Crippen LogP contribution in [0.3, 0.4) is 0 Å². The van der Waals surface area contributed by atoms with E-state index in [1.165, 1.54) is 25.0 Å². The molecule has 1 heterocycles. The molecule has 0 radical (unpaired) electrons. The van der Waals surface area contributed by atoms with Crippen molar-refractivity contribution in [3.8, 4) is 0 Å². The summed E-state index contributed by atoms with van der Waals surface area (Å²) in [6, 6.07) is 2.08. The average Bonchev–Trinajstić information content (AvgIpc) is 2.58. The fourth-order valence-corrected chi connectivity index (χ4v) is 1.44. The second-order valence-corrected chi connectivity index (χ2v) is 3.69. The van der Waals surface area contributed by atoms with Gasteiger partial charge in [0, 0.05) is 26.2 Å². The van der Waals surface area contributed by atoms with Gasteiger partial charge in [-0.25, -0.2) is 0 Å². The lowest BCUT2D eigenvalue weighted by Crippen LogP contribution is -2.18. The smallest absolute Gasteiger partial charge is 0.0637 e. The Labute approximate surface area is 86.5 Å². The van der Waals surface area contributed by atoms with Gasteiger partial charge in [0.1, 0.15) is 0 Å². The van der Waals surface area contributed by atoms with Crippen molar-refractivity contribution in [2.75, 3.05) is 13.1 Å². The molecular formula is C11H21N3. The average molecular weight is 195 g/mol. The fourth-order valence-electron chi connectivity index (χ4n) is 1.44. The highest BCUT2D eigenvalue weighted by atomic mass is 15.2. The monoisotopic (exact) mass is 195 g/mol. The van der Waals surface area contributed by atoms with E-state index in [9.17, 15) is 0 Å². The largest absolute Gasteiger partial charge is 0.316 e. The minimum absolute atomic E-state index is 1.03. The molecule has 0 aromatic carbocycles. The molecule has 1 aromatic rings. The van der Waals surface area contributed by atoms with Gasteiger partial charge in [-0.05, 0) is 19.0 Å². The van der Waals surface area contributed by atoms with Crippen LogP contribution in [-0.4, -0.2) is 22.9 Å². The molecule has 0 atom stereocenters. The Morgan fingerprint density at radius 3 is 2.86 bits per heavy atom. The first-order chi connectivity index (χ1) is 6.83. The third kappa shape index (κ3) is 4.42. The van der Waals surface area contributed by atoms with E-state index in [2.05, 4.69) is 23.4 Å². The van der Waals surface area contributed by atoms with Gasteiger partial charge < -0.3 is 5.32 Å². The van der Waals surface area contributed by atoms with E-state index < -0.39 is 0 Å². The van der Waals surface area contributed by atoms with Crippen LogP contribution in [0, 0.1) is 0 Å². The lowest BCUT2D eigenvalue weighted by atomic mass is 10.2. The van der Waals surface area contributed by atoms with Crippen molar-refractivity contribution in [2.24, 2.45) is 7.05 Å². The third-order valence-electron chi connectivity index (χ3n) is 2.28. The van der Waals surface area contributed by atoms with Gasteiger partial charge >= 0.3 is 0 Å². The van der Waals surface area contributed by atoms with Gasteiger partial charge in [0.15, 0.2) is 0 Å². The summed E-state index contributed by atoms with van der Waals surface area (Å²) in [6.07, 6.45) is 6.94. The summed E-state index contributed by atoms with van der Waals surface area (Å²) in [5.74, 6) is 0. The van der Waals surface area contributed by atoms with Crippen LogP contribution in [0.5, 0.6) is 0 Å². The number of aromatic nitrogens is 2. The Balaban J connectivity index is 1.99. The number of nitrogens with one attached hydrogen (secondary N) is 1. The van der Waals surface area contributed by atoms with E-state index in [0.29, 0.717) is 0 Å². The molecule has 1 rings (SSSR count). The number of aryl methyl sites for hydroxylation is 1. The van der Waals surface area contributed by atoms with E-state index in [4.69, 9.17) is 0 Å². The van der Waals surface area contributed by atoms with Crippen molar-refractivity contribution in [1.29, 1.82) is 0 Å². The van der Waals surface area contributed by atoms with Crippen LogP contribution in [-0.2, 0) is 13.5 Å². The maximum atomic E-state index is 4.32. The standard InChI is InChI=1S/C11H21N3/c1-3-4-5-8-12-9-6-11-7-10-14(2)13-11/h7,10,12H,3-6,8-9H2,1-2H3. The van der Waals surface area contributed by atoms with Crippen LogP contribution in [0.25, 0.3) is 0 Å². The summed E-state index contributed by atoms with van der Waals surface area (Å²) in [6.45, 7) is 4.41. The Hall–Kier alpha value is -0.830. The van der Waals surface area contributed by atoms with Gasteiger partial charge in [-0.2, -0.15) is 5.10 Å². The summed E-state index contributed by atoms with van der Waals surface area (Å²) in [7, 11) is 1.96. The second kappa shape index (κ2) is 6.60. The molecule has 14 heavy (non-hydrogen) atoms. The first-order valence-corrected chi connectivity index (χ1v) is 5.52. The number of hydrogen-bond donors (Lipinski definition) is 1. The second-order valence-electron chi connectivity index (χ2n) is 3.69. The molecule has 0 amide bonds. The normalized spacial score (nSPS) is 10.7. The first-order valence-electron chi connectivity index (χ1n) is 5.52. The van der Waals surface area contributed by atoms with E-state index in [1.807, 2.05) is 17.9 Å². The molecule has 0 spiro atoms. The summed E-state index contributed by atoms with van der Waals surface area (Å²) >= 11 is 0. The number of unbranched alkanes of at least 4 members (excludes halogenated alkanes) is 2. The highest BCUT2D eigenvalue weighted by Crippen LogP contribution is 1.95. The van der Waals surface area contributed by atoms with Gasteiger partial charge in [-0.1, -0.05) is 19.8 Å². The molecule has 0 fully saturated rings. The van der Waals surface area contributed by atoms with Crippen LogP contribution in [0.4, 0.5) is 0 Å².